The first-order chi connectivity index (χ1) is 15.4. The molecule has 0 aliphatic heterocycles. The number of ether oxygens (including phenoxy) is 2. The number of nitrogens with zero attached hydrogens (tertiary/aromatic N) is 2. The minimum absolute atomic E-state index is 0.00668. The van der Waals surface area contributed by atoms with Crippen LogP contribution in [0.15, 0.2) is 52.1 Å². The molecule has 0 aliphatic rings. The zero-order chi connectivity index (χ0) is 24.5. The number of para-hydroxylation sites is 2. The zero-order valence-corrected chi connectivity index (χ0v) is 16.7. The minimum Gasteiger partial charge on any atom is -0.479 e. The van der Waals surface area contributed by atoms with Crippen LogP contribution in [0.25, 0.3) is 5.69 Å². The third-order valence-corrected chi connectivity index (χ3v) is 4.35. The van der Waals surface area contributed by atoms with E-state index in [2.05, 4.69) is 0 Å². The lowest BCUT2D eigenvalue weighted by Gasteiger charge is -2.16. The molecule has 3 aromatic rings. The van der Waals surface area contributed by atoms with E-state index in [1.165, 1.54) is 24.3 Å². The molecule has 9 nitrogen and oxygen atoms in total. The van der Waals surface area contributed by atoms with Crippen molar-refractivity contribution in [1.29, 1.82) is 0 Å². The molecule has 0 bridgehead atoms. The van der Waals surface area contributed by atoms with Crippen LogP contribution >= 0.6 is 0 Å². The molecule has 0 saturated carbocycles. The van der Waals surface area contributed by atoms with E-state index in [-0.39, 0.29) is 38.1 Å². The molecule has 1 heterocycles. The molecular formula is C20H15F4N3O6. The van der Waals surface area contributed by atoms with Crippen molar-refractivity contribution >= 4 is 11.7 Å². The molecule has 33 heavy (non-hydrogen) atoms. The van der Waals surface area contributed by atoms with Gasteiger partial charge in [-0.25, -0.2) is 18.5 Å². The SMILES string of the molecule is Cn1c(C(F)(F)F)cc(=O)n(-c2cc(Oc3ccccc3OCC(=O)O)c(N)cc2F)c1=O. The number of benzene rings is 2. The van der Waals surface area contributed by atoms with Crippen molar-refractivity contribution in [2.75, 3.05) is 12.3 Å². The Hall–Kier alpha value is -4.29. The van der Waals surface area contributed by atoms with E-state index in [9.17, 15) is 31.9 Å². The smallest absolute Gasteiger partial charge is 0.431 e. The summed E-state index contributed by atoms with van der Waals surface area (Å²) >= 11 is 0. The summed E-state index contributed by atoms with van der Waals surface area (Å²) in [6, 6.07) is 7.53. The molecule has 3 N–H and O–H groups in total. The molecule has 0 radical (unpaired) electrons. The maximum Gasteiger partial charge on any atom is 0.431 e. The molecule has 0 aliphatic carbocycles. The Morgan fingerprint density at radius 1 is 1.09 bits per heavy atom. The fourth-order valence-electron chi connectivity index (χ4n) is 2.85. The number of hydrogen-bond donors (Lipinski definition) is 2. The summed E-state index contributed by atoms with van der Waals surface area (Å²) in [5.74, 6) is -2.74. The first-order valence-corrected chi connectivity index (χ1v) is 9.01. The second-order valence-corrected chi connectivity index (χ2v) is 6.62. The fraction of sp³-hybridized carbons (Fsp3) is 0.150. The van der Waals surface area contributed by atoms with E-state index in [1.807, 2.05) is 0 Å². The normalized spacial score (nSPS) is 11.3. The van der Waals surface area contributed by atoms with Gasteiger partial charge in [-0.05, 0) is 12.1 Å². The second kappa shape index (κ2) is 8.68. The van der Waals surface area contributed by atoms with Gasteiger partial charge in [0, 0.05) is 25.2 Å². The van der Waals surface area contributed by atoms with Crippen molar-refractivity contribution in [3.8, 4) is 22.9 Å². The van der Waals surface area contributed by atoms with Crippen LogP contribution in [-0.4, -0.2) is 26.8 Å². The molecule has 0 fully saturated rings. The quantitative estimate of drug-likeness (QED) is 0.420. The maximum absolute atomic E-state index is 14.6. The van der Waals surface area contributed by atoms with E-state index in [0.717, 1.165) is 19.2 Å². The average Bonchev–Trinajstić information content (AvgIpc) is 2.72. The third-order valence-electron chi connectivity index (χ3n) is 4.35. The van der Waals surface area contributed by atoms with Crippen LogP contribution in [0, 0.1) is 5.82 Å². The fourth-order valence-corrected chi connectivity index (χ4v) is 2.85. The molecule has 0 saturated heterocycles. The molecule has 0 spiro atoms. The zero-order valence-electron chi connectivity index (χ0n) is 16.7. The van der Waals surface area contributed by atoms with Crippen LogP contribution in [0.2, 0.25) is 0 Å². The summed E-state index contributed by atoms with van der Waals surface area (Å²) in [4.78, 5) is 35.5. The Morgan fingerprint density at radius 2 is 1.73 bits per heavy atom. The maximum atomic E-state index is 14.6. The molecule has 1 aromatic heterocycles. The van der Waals surface area contributed by atoms with Gasteiger partial charge in [0.1, 0.15) is 11.5 Å². The number of carboxylic acid groups (broad SMARTS) is 1. The van der Waals surface area contributed by atoms with Crippen LogP contribution in [0.1, 0.15) is 5.69 Å². The van der Waals surface area contributed by atoms with Crippen molar-refractivity contribution in [3.05, 3.63) is 74.8 Å². The molecule has 174 valence electrons. The number of aliphatic carboxylic acids is 1. The third kappa shape index (κ3) is 4.81. The Bertz CT molecular complexity index is 1350. The highest BCUT2D eigenvalue weighted by atomic mass is 19.4. The minimum atomic E-state index is -4.99. The van der Waals surface area contributed by atoms with Gasteiger partial charge in [0.25, 0.3) is 5.56 Å². The summed E-state index contributed by atoms with van der Waals surface area (Å²) < 4.78 is 64.8. The Kier molecular flexibility index (Phi) is 6.15. The number of alkyl halides is 3. The van der Waals surface area contributed by atoms with Crippen LogP contribution in [0.5, 0.6) is 17.2 Å². The molecule has 0 atom stereocenters. The molecule has 0 amide bonds. The lowest BCUT2D eigenvalue weighted by atomic mass is 10.2. The number of nitrogen functional groups attached to an aromatic ring is 1. The Balaban J connectivity index is 2.12. The number of anilines is 1. The van der Waals surface area contributed by atoms with Crippen molar-refractivity contribution < 1.29 is 36.9 Å². The van der Waals surface area contributed by atoms with Gasteiger partial charge in [-0.15, -0.1) is 0 Å². The standard InChI is InChI=1S/C20H15F4N3O6/c1-26-16(20(22,23)24)8-17(28)27(19(26)31)12-7-15(11(25)6-10(12)21)33-14-5-3-2-4-13(14)32-9-18(29)30/h2-8H,9,25H2,1H3,(H,29,30). The van der Waals surface area contributed by atoms with E-state index in [1.54, 1.807) is 0 Å². The lowest BCUT2D eigenvalue weighted by Crippen LogP contribution is -2.41. The monoisotopic (exact) mass is 469 g/mol. The highest BCUT2D eigenvalue weighted by molar-refractivity contribution is 5.68. The number of rotatable bonds is 6. The van der Waals surface area contributed by atoms with Crippen molar-refractivity contribution in [2.24, 2.45) is 7.05 Å². The number of hydrogen-bond acceptors (Lipinski definition) is 6. The van der Waals surface area contributed by atoms with Gasteiger partial charge in [-0.1, -0.05) is 12.1 Å². The van der Waals surface area contributed by atoms with Crippen LogP contribution < -0.4 is 26.5 Å². The number of aromatic nitrogens is 2. The van der Waals surface area contributed by atoms with E-state index < -0.39 is 47.2 Å². The van der Waals surface area contributed by atoms with Gasteiger partial charge < -0.3 is 20.3 Å². The highest BCUT2D eigenvalue weighted by Gasteiger charge is 2.35. The van der Waals surface area contributed by atoms with Gasteiger partial charge in [-0.2, -0.15) is 13.2 Å². The number of nitrogens with two attached hydrogens (primary N) is 1. The molecular weight excluding hydrogens is 454 g/mol. The number of carboxylic acids is 1. The lowest BCUT2D eigenvalue weighted by molar-refractivity contribution is -0.144. The largest absolute Gasteiger partial charge is 0.479 e. The molecule has 2 aromatic carbocycles. The van der Waals surface area contributed by atoms with Gasteiger partial charge in [0.15, 0.2) is 23.9 Å². The Morgan fingerprint density at radius 3 is 2.33 bits per heavy atom. The number of halogens is 4. The van der Waals surface area contributed by atoms with E-state index >= 15 is 0 Å². The molecule has 3 rings (SSSR count). The van der Waals surface area contributed by atoms with Crippen LogP contribution in [0.3, 0.4) is 0 Å². The van der Waals surface area contributed by atoms with Crippen LogP contribution in [0.4, 0.5) is 23.2 Å². The van der Waals surface area contributed by atoms with Gasteiger partial charge in [-0.3, -0.25) is 9.36 Å². The summed E-state index contributed by atoms with van der Waals surface area (Å²) in [6.07, 6.45) is -4.99. The molecule has 13 heteroatoms. The molecule has 0 unspecified atom stereocenters. The first kappa shape index (κ1) is 23.4. The van der Waals surface area contributed by atoms with Crippen molar-refractivity contribution in [3.63, 3.8) is 0 Å². The summed E-state index contributed by atoms with van der Waals surface area (Å²) in [7, 11) is 0.781. The predicted octanol–water partition coefficient (Wildman–Crippen LogP) is 2.53. The number of carbonyl (C=O) groups is 1. The van der Waals surface area contributed by atoms with Gasteiger partial charge in [0.05, 0.1) is 11.4 Å². The van der Waals surface area contributed by atoms with Crippen molar-refractivity contribution in [2.45, 2.75) is 6.18 Å². The summed E-state index contributed by atoms with van der Waals surface area (Å²) in [5, 5.41) is 8.77. The van der Waals surface area contributed by atoms with Gasteiger partial charge >= 0.3 is 17.8 Å². The highest BCUT2D eigenvalue weighted by Crippen LogP contribution is 2.36. The average molecular weight is 469 g/mol. The van der Waals surface area contributed by atoms with Crippen LogP contribution in [-0.2, 0) is 18.0 Å². The predicted molar refractivity (Wildman–Crippen MR) is 106 cm³/mol. The van der Waals surface area contributed by atoms with Gasteiger partial charge in [0.2, 0.25) is 0 Å². The first-order valence-electron chi connectivity index (χ1n) is 9.01. The van der Waals surface area contributed by atoms with E-state index in [0.29, 0.717) is 0 Å². The second-order valence-electron chi connectivity index (χ2n) is 6.62. The summed E-state index contributed by atoms with van der Waals surface area (Å²) in [6.45, 7) is -0.693. The topological polar surface area (TPSA) is 126 Å². The Labute approximate surface area is 181 Å². The van der Waals surface area contributed by atoms with E-state index in [4.69, 9.17) is 20.3 Å². The van der Waals surface area contributed by atoms with Crippen molar-refractivity contribution in [1.82, 2.24) is 9.13 Å². The summed E-state index contributed by atoms with van der Waals surface area (Å²) in [5.41, 5.74) is 0.390.